The second-order valence-corrected chi connectivity index (χ2v) is 9.88. The molecule has 30 heavy (non-hydrogen) atoms. The van der Waals surface area contributed by atoms with Gasteiger partial charge in [-0.15, -0.1) is 11.3 Å². The molecule has 1 aliphatic heterocycles. The average molecular weight is 430 g/mol. The first-order chi connectivity index (χ1) is 14.3. The van der Waals surface area contributed by atoms with Gasteiger partial charge in [-0.05, 0) is 48.8 Å². The number of nitrogens with zero attached hydrogens (tertiary/aromatic N) is 1. The minimum atomic E-state index is -0.280. The minimum Gasteiger partial charge on any atom is -0.454 e. The van der Waals surface area contributed by atoms with Crippen LogP contribution in [0.1, 0.15) is 56.1 Å². The molecule has 0 radical (unpaired) electrons. The lowest BCUT2D eigenvalue weighted by molar-refractivity contribution is -0.121. The zero-order valence-electron chi connectivity index (χ0n) is 17.5. The summed E-state index contributed by atoms with van der Waals surface area (Å²) in [5.41, 5.74) is 1.37. The molecule has 2 heterocycles. The number of amides is 2. The molecule has 0 saturated heterocycles. The van der Waals surface area contributed by atoms with Crippen LogP contribution in [0.4, 0.5) is 5.13 Å². The summed E-state index contributed by atoms with van der Waals surface area (Å²) >= 11 is 1.31. The fourth-order valence-electron chi connectivity index (χ4n) is 4.55. The van der Waals surface area contributed by atoms with Gasteiger partial charge in [0.15, 0.2) is 16.6 Å². The summed E-state index contributed by atoms with van der Waals surface area (Å²) in [6.45, 7) is 6.93. The van der Waals surface area contributed by atoms with E-state index in [2.05, 4.69) is 36.4 Å². The Kier molecular flexibility index (Phi) is 5.69. The van der Waals surface area contributed by atoms with Crippen LogP contribution in [0.5, 0.6) is 11.5 Å². The van der Waals surface area contributed by atoms with Crippen LogP contribution >= 0.6 is 11.3 Å². The number of hydrogen-bond acceptors (Lipinski definition) is 6. The summed E-state index contributed by atoms with van der Waals surface area (Å²) in [7, 11) is 0. The van der Waals surface area contributed by atoms with Crippen molar-refractivity contribution in [1.82, 2.24) is 10.3 Å². The molecule has 8 heteroatoms. The third-order valence-electron chi connectivity index (χ3n) is 5.50. The van der Waals surface area contributed by atoms with E-state index in [1.807, 2.05) is 5.38 Å². The number of rotatable bonds is 5. The summed E-state index contributed by atoms with van der Waals surface area (Å²) in [5, 5.41) is 8.22. The highest BCUT2D eigenvalue weighted by Crippen LogP contribution is 2.38. The second-order valence-electron chi connectivity index (χ2n) is 9.02. The molecule has 2 N–H and O–H groups in total. The topological polar surface area (TPSA) is 89.6 Å². The number of nitrogens with one attached hydrogen (secondary N) is 2. The summed E-state index contributed by atoms with van der Waals surface area (Å²) in [4.78, 5) is 29.4. The Hall–Kier alpha value is -2.61. The van der Waals surface area contributed by atoms with E-state index in [0.717, 1.165) is 12.8 Å². The van der Waals surface area contributed by atoms with Crippen molar-refractivity contribution in [1.29, 1.82) is 0 Å². The Morgan fingerprint density at radius 2 is 2.03 bits per heavy atom. The first-order valence-electron chi connectivity index (χ1n) is 10.2. The first kappa shape index (κ1) is 20.7. The van der Waals surface area contributed by atoms with Crippen LogP contribution in [0.25, 0.3) is 0 Å². The number of fused-ring (bicyclic) bond motifs is 1. The number of benzene rings is 1. The number of ether oxygens (including phenoxy) is 2. The lowest BCUT2D eigenvalue weighted by Crippen LogP contribution is -2.43. The van der Waals surface area contributed by atoms with Crippen molar-refractivity contribution in [3.05, 3.63) is 34.8 Å². The molecule has 0 spiro atoms. The maximum absolute atomic E-state index is 12.5. The largest absolute Gasteiger partial charge is 0.454 e. The van der Waals surface area contributed by atoms with Crippen molar-refractivity contribution in [2.45, 2.75) is 52.5 Å². The van der Waals surface area contributed by atoms with Gasteiger partial charge in [-0.2, -0.15) is 0 Å². The molecule has 1 aromatic heterocycles. The van der Waals surface area contributed by atoms with Crippen LogP contribution in [-0.4, -0.2) is 29.6 Å². The number of carbonyl (C=O) groups excluding carboxylic acids is 2. The Morgan fingerprint density at radius 1 is 1.23 bits per heavy atom. The highest BCUT2D eigenvalue weighted by atomic mass is 32.1. The molecule has 2 unspecified atom stereocenters. The van der Waals surface area contributed by atoms with Gasteiger partial charge in [0, 0.05) is 17.0 Å². The van der Waals surface area contributed by atoms with E-state index in [0.29, 0.717) is 33.8 Å². The Labute approximate surface area is 180 Å². The lowest BCUT2D eigenvalue weighted by Gasteiger charge is -2.39. The lowest BCUT2D eigenvalue weighted by atomic mass is 9.70. The van der Waals surface area contributed by atoms with Gasteiger partial charge >= 0.3 is 0 Å². The molecule has 160 valence electrons. The number of aromatic nitrogens is 1. The van der Waals surface area contributed by atoms with E-state index < -0.39 is 0 Å². The average Bonchev–Trinajstić information content (AvgIpc) is 3.28. The number of carbonyl (C=O) groups is 2. The molecule has 1 aliphatic carbocycles. The monoisotopic (exact) mass is 429 g/mol. The molecular weight excluding hydrogens is 402 g/mol. The maximum atomic E-state index is 12.5. The van der Waals surface area contributed by atoms with Crippen LogP contribution in [0, 0.1) is 11.3 Å². The van der Waals surface area contributed by atoms with Crippen LogP contribution in [0.3, 0.4) is 0 Å². The van der Waals surface area contributed by atoms with Gasteiger partial charge in [-0.25, -0.2) is 4.98 Å². The Balaban J connectivity index is 1.31. The van der Waals surface area contributed by atoms with Crippen LogP contribution in [0.2, 0.25) is 0 Å². The van der Waals surface area contributed by atoms with Crippen LogP contribution < -0.4 is 20.1 Å². The zero-order chi connectivity index (χ0) is 21.3. The van der Waals surface area contributed by atoms with Gasteiger partial charge in [0.2, 0.25) is 12.7 Å². The fraction of sp³-hybridized carbons (Fsp3) is 0.500. The first-order valence-corrected chi connectivity index (χ1v) is 11.1. The predicted molar refractivity (Wildman–Crippen MR) is 115 cm³/mol. The van der Waals surface area contributed by atoms with E-state index >= 15 is 0 Å². The van der Waals surface area contributed by atoms with Gasteiger partial charge in [0.05, 0.1) is 12.1 Å². The molecule has 1 saturated carbocycles. The van der Waals surface area contributed by atoms with E-state index in [1.165, 1.54) is 17.8 Å². The van der Waals surface area contributed by atoms with Gasteiger partial charge < -0.3 is 14.8 Å². The normalized spacial score (nSPS) is 21.8. The smallest absolute Gasteiger partial charge is 0.257 e. The van der Waals surface area contributed by atoms with Gasteiger partial charge in [0.1, 0.15) is 0 Å². The molecule has 2 atom stereocenters. The molecule has 1 aromatic carbocycles. The van der Waals surface area contributed by atoms with E-state index in [1.54, 1.807) is 18.2 Å². The summed E-state index contributed by atoms with van der Waals surface area (Å²) in [5.74, 6) is 1.49. The van der Waals surface area contributed by atoms with Gasteiger partial charge in [0.25, 0.3) is 5.91 Å². The van der Waals surface area contributed by atoms with E-state index in [4.69, 9.17) is 9.47 Å². The molecule has 0 bridgehead atoms. The zero-order valence-corrected chi connectivity index (χ0v) is 18.3. The van der Waals surface area contributed by atoms with E-state index in [9.17, 15) is 9.59 Å². The summed E-state index contributed by atoms with van der Waals surface area (Å²) in [6.07, 6.45) is 3.42. The third-order valence-corrected chi connectivity index (χ3v) is 6.31. The summed E-state index contributed by atoms with van der Waals surface area (Å²) < 4.78 is 10.6. The Bertz CT molecular complexity index is 956. The molecule has 4 rings (SSSR count). The highest BCUT2D eigenvalue weighted by molar-refractivity contribution is 7.14. The van der Waals surface area contributed by atoms with Gasteiger partial charge in [-0.3, -0.25) is 14.9 Å². The SMILES string of the molecule is CC1CC(NC(=O)Cc2csc(NC(=O)c3ccc4c(c3)OCO4)n2)CC(C)(C)C1. The molecule has 2 amide bonds. The third kappa shape index (κ3) is 4.92. The molecule has 2 aliphatic rings. The van der Waals surface area contributed by atoms with Crippen molar-refractivity contribution in [2.24, 2.45) is 11.3 Å². The number of hydrogen-bond donors (Lipinski definition) is 2. The van der Waals surface area contributed by atoms with Crippen LogP contribution in [0.15, 0.2) is 23.6 Å². The quantitative estimate of drug-likeness (QED) is 0.750. The number of anilines is 1. The van der Waals surface area contributed by atoms with Crippen molar-refractivity contribution >= 4 is 28.3 Å². The van der Waals surface area contributed by atoms with E-state index in [-0.39, 0.29) is 36.5 Å². The van der Waals surface area contributed by atoms with Crippen LogP contribution in [-0.2, 0) is 11.2 Å². The molecule has 1 fully saturated rings. The van der Waals surface area contributed by atoms with Gasteiger partial charge in [-0.1, -0.05) is 20.8 Å². The molecule has 2 aromatic rings. The Morgan fingerprint density at radius 3 is 2.83 bits per heavy atom. The van der Waals surface area contributed by atoms with Crippen molar-refractivity contribution in [2.75, 3.05) is 12.1 Å². The highest BCUT2D eigenvalue weighted by Gasteiger charge is 2.32. The molecular formula is C22H27N3O4S. The predicted octanol–water partition coefficient (Wildman–Crippen LogP) is 4.00. The van der Waals surface area contributed by atoms with Crippen molar-refractivity contribution < 1.29 is 19.1 Å². The maximum Gasteiger partial charge on any atom is 0.257 e. The summed E-state index contributed by atoms with van der Waals surface area (Å²) in [6, 6.07) is 5.24. The fourth-order valence-corrected chi connectivity index (χ4v) is 5.26. The number of thiazole rings is 1. The standard InChI is InChI=1S/C22H27N3O4S/c1-13-6-15(10-22(2,3)9-13)23-19(26)8-16-11-30-21(24-16)25-20(27)14-4-5-17-18(7-14)29-12-28-17/h4-5,7,11,13,15H,6,8-10,12H2,1-3H3,(H,23,26)(H,24,25,27). The minimum absolute atomic E-state index is 0.0242. The van der Waals surface area contributed by atoms with Crippen molar-refractivity contribution in [3.63, 3.8) is 0 Å². The molecule has 7 nitrogen and oxygen atoms in total. The van der Waals surface area contributed by atoms with Crippen molar-refractivity contribution in [3.8, 4) is 11.5 Å². The second kappa shape index (κ2) is 8.26.